The maximum atomic E-state index is 12.4. The third-order valence-electron chi connectivity index (χ3n) is 5.83. The van der Waals surface area contributed by atoms with E-state index in [4.69, 9.17) is 23.2 Å². The van der Waals surface area contributed by atoms with Gasteiger partial charge in [0, 0.05) is 65.8 Å². The van der Waals surface area contributed by atoms with Crippen molar-refractivity contribution in [3.63, 3.8) is 0 Å². The van der Waals surface area contributed by atoms with Gasteiger partial charge in [0.1, 0.15) is 0 Å². The number of piperazine rings is 1. The number of halogens is 2. The fourth-order valence-electron chi connectivity index (χ4n) is 3.80. The second kappa shape index (κ2) is 10.5. The number of aliphatic imine (C=N–C) groups is 1. The van der Waals surface area contributed by atoms with Gasteiger partial charge >= 0.3 is 0 Å². The lowest BCUT2D eigenvalue weighted by molar-refractivity contribution is -0.139. The lowest BCUT2D eigenvalue weighted by Crippen LogP contribution is -2.52. The molecular weight excluding hydrogens is 409 g/mol. The Bertz CT molecular complexity index is 730. The van der Waals surface area contributed by atoms with E-state index in [-0.39, 0.29) is 0 Å². The van der Waals surface area contributed by atoms with Crippen LogP contribution in [0.15, 0.2) is 23.2 Å². The number of rotatable bonds is 6. The molecule has 1 heterocycles. The number of nitrogens with one attached hydrogen (secondary N) is 1. The predicted octanol–water partition coefficient (Wildman–Crippen LogP) is 2.94. The average Bonchev–Trinajstić information content (AvgIpc) is 2.67. The molecule has 0 bridgehead atoms. The summed E-state index contributed by atoms with van der Waals surface area (Å²) in [7, 11) is 3.79. The molecule has 0 unspecified atom stereocenters. The van der Waals surface area contributed by atoms with Gasteiger partial charge in [-0.3, -0.25) is 14.7 Å². The fourth-order valence-corrected chi connectivity index (χ4v) is 4.12. The normalized spacial score (nSPS) is 18.5. The molecule has 8 heteroatoms. The molecule has 2 fully saturated rings. The van der Waals surface area contributed by atoms with E-state index in [2.05, 4.69) is 25.0 Å². The van der Waals surface area contributed by atoms with Gasteiger partial charge in [-0.25, -0.2) is 0 Å². The van der Waals surface area contributed by atoms with E-state index in [1.54, 1.807) is 7.05 Å². The van der Waals surface area contributed by atoms with Crippen LogP contribution < -0.4 is 5.32 Å². The molecule has 1 amide bonds. The van der Waals surface area contributed by atoms with Crippen LogP contribution >= 0.6 is 23.2 Å². The second-order valence-electron chi connectivity index (χ2n) is 7.87. The van der Waals surface area contributed by atoms with Crippen LogP contribution in [-0.2, 0) is 11.3 Å². The van der Waals surface area contributed by atoms with E-state index in [9.17, 15) is 4.79 Å². The van der Waals surface area contributed by atoms with Crippen molar-refractivity contribution in [3.8, 4) is 0 Å². The van der Waals surface area contributed by atoms with Gasteiger partial charge in [-0.15, -0.1) is 0 Å². The third-order valence-corrected chi connectivity index (χ3v) is 6.57. The van der Waals surface area contributed by atoms with E-state index >= 15 is 0 Å². The van der Waals surface area contributed by atoms with Gasteiger partial charge in [0.15, 0.2) is 5.96 Å². The summed E-state index contributed by atoms with van der Waals surface area (Å²) in [5.41, 5.74) is 1.08. The number of hydrogen-bond donors (Lipinski definition) is 1. The average molecular weight is 440 g/mol. The molecule has 1 saturated carbocycles. The Hall–Kier alpha value is -1.50. The Balaban J connectivity index is 1.38. The molecule has 3 rings (SSSR count). The minimum Gasteiger partial charge on any atom is -0.355 e. The summed E-state index contributed by atoms with van der Waals surface area (Å²) in [5.74, 6) is 1.52. The Kier molecular flexibility index (Phi) is 8.04. The zero-order chi connectivity index (χ0) is 20.8. The van der Waals surface area contributed by atoms with Crippen molar-refractivity contribution in [2.24, 2.45) is 10.9 Å². The topological polar surface area (TPSA) is 51.2 Å². The molecule has 2 aliphatic rings. The molecule has 29 heavy (non-hydrogen) atoms. The van der Waals surface area contributed by atoms with Crippen LogP contribution in [0, 0.1) is 5.92 Å². The summed E-state index contributed by atoms with van der Waals surface area (Å²) in [5, 5.41) is 4.56. The number of benzene rings is 1. The summed E-state index contributed by atoms with van der Waals surface area (Å²) >= 11 is 12.1. The van der Waals surface area contributed by atoms with Gasteiger partial charge in [0.2, 0.25) is 5.91 Å². The van der Waals surface area contributed by atoms with Crippen LogP contribution in [0.2, 0.25) is 10.0 Å². The molecular formula is C21H31Cl2N5O. The molecule has 1 aromatic rings. The quantitative estimate of drug-likeness (QED) is 0.546. The highest BCUT2D eigenvalue weighted by atomic mass is 35.5. The van der Waals surface area contributed by atoms with Gasteiger partial charge in [-0.2, -0.15) is 0 Å². The molecule has 1 saturated heterocycles. The first-order valence-corrected chi connectivity index (χ1v) is 11.1. The number of carbonyl (C=O) groups excluding carboxylic acids is 1. The molecule has 0 radical (unpaired) electrons. The van der Waals surface area contributed by atoms with Crippen LogP contribution in [0.1, 0.15) is 24.8 Å². The van der Waals surface area contributed by atoms with Gasteiger partial charge < -0.3 is 15.1 Å². The SMILES string of the molecule is CN=C(NCCN1CCN(C(=O)C2CCC2)CC1)N(C)Cc1ccc(Cl)c(Cl)c1. The molecule has 0 atom stereocenters. The van der Waals surface area contributed by atoms with Crippen LogP contribution in [0.5, 0.6) is 0 Å². The van der Waals surface area contributed by atoms with Gasteiger partial charge in [-0.05, 0) is 30.5 Å². The number of guanidine groups is 1. The summed E-state index contributed by atoms with van der Waals surface area (Å²) in [6, 6.07) is 5.68. The van der Waals surface area contributed by atoms with E-state index in [0.717, 1.165) is 63.6 Å². The number of hydrogen-bond acceptors (Lipinski definition) is 3. The Morgan fingerprint density at radius 2 is 1.93 bits per heavy atom. The molecule has 0 spiro atoms. The summed E-state index contributed by atoms with van der Waals surface area (Å²) in [6.07, 6.45) is 3.37. The second-order valence-corrected chi connectivity index (χ2v) is 8.69. The van der Waals surface area contributed by atoms with Crippen molar-refractivity contribution in [2.75, 3.05) is 53.4 Å². The maximum Gasteiger partial charge on any atom is 0.225 e. The first-order chi connectivity index (χ1) is 14.0. The summed E-state index contributed by atoms with van der Waals surface area (Å²) in [6.45, 7) is 6.02. The molecule has 160 valence electrons. The Labute approximate surface area is 183 Å². The number of amides is 1. The van der Waals surface area contributed by atoms with Crippen molar-refractivity contribution in [3.05, 3.63) is 33.8 Å². The maximum absolute atomic E-state index is 12.4. The lowest BCUT2D eigenvalue weighted by atomic mass is 9.84. The fraction of sp³-hybridized carbons (Fsp3) is 0.619. The standard InChI is InChI=1S/C21H31Cl2N5O/c1-24-21(26(2)15-16-6-7-18(22)19(23)14-16)25-8-9-27-10-12-28(13-11-27)20(29)17-4-3-5-17/h6-7,14,17H,3-5,8-13,15H2,1-2H3,(H,24,25). The third kappa shape index (κ3) is 6.00. The zero-order valence-electron chi connectivity index (χ0n) is 17.3. The zero-order valence-corrected chi connectivity index (χ0v) is 18.8. The monoisotopic (exact) mass is 439 g/mol. The van der Waals surface area contributed by atoms with Crippen molar-refractivity contribution in [2.45, 2.75) is 25.8 Å². The largest absolute Gasteiger partial charge is 0.355 e. The highest BCUT2D eigenvalue weighted by Gasteiger charge is 2.31. The predicted molar refractivity (Wildman–Crippen MR) is 120 cm³/mol. The van der Waals surface area contributed by atoms with E-state index in [1.807, 2.05) is 25.2 Å². The minimum atomic E-state index is 0.303. The van der Waals surface area contributed by atoms with Gasteiger partial charge in [-0.1, -0.05) is 35.7 Å². The molecule has 6 nitrogen and oxygen atoms in total. The van der Waals surface area contributed by atoms with E-state index < -0.39 is 0 Å². The van der Waals surface area contributed by atoms with Crippen LogP contribution in [0.4, 0.5) is 0 Å². The Morgan fingerprint density at radius 1 is 1.21 bits per heavy atom. The first kappa shape index (κ1) is 22.2. The number of carbonyl (C=O) groups is 1. The lowest BCUT2D eigenvalue weighted by Gasteiger charge is -2.38. The molecule has 1 aromatic carbocycles. The molecule has 0 aromatic heterocycles. The van der Waals surface area contributed by atoms with Gasteiger partial charge in [0.05, 0.1) is 10.0 Å². The van der Waals surface area contributed by atoms with Crippen LogP contribution in [-0.4, -0.2) is 79.9 Å². The van der Waals surface area contributed by atoms with E-state index in [1.165, 1.54) is 6.42 Å². The Morgan fingerprint density at radius 3 is 2.52 bits per heavy atom. The smallest absolute Gasteiger partial charge is 0.225 e. The number of nitrogens with zero attached hydrogens (tertiary/aromatic N) is 4. The van der Waals surface area contributed by atoms with Crippen molar-refractivity contribution in [1.82, 2.24) is 20.0 Å². The van der Waals surface area contributed by atoms with Crippen molar-refractivity contribution >= 4 is 35.1 Å². The minimum absolute atomic E-state index is 0.303. The molecule has 1 aliphatic carbocycles. The molecule has 1 aliphatic heterocycles. The summed E-state index contributed by atoms with van der Waals surface area (Å²) < 4.78 is 0. The van der Waals surface area contributed by atoms with Crippen molar-refractivity contribution in [1.29, 1.82) is 0 Å². The highest BCUT2D eigenvalue weighted by Crippen LogP contribution is 2.28. The van der Waals surface area contributed by atoms with Crippen LogP contribution in [0.25, 0.3) is 0 Å². The van der Waals surface area contributed by atoms with Gasteiger partial charge in [0.25, 0.3) is 0 Å². The van der Waals surface area contributed by atoms with Crippen LogP contribution in [0.3, 0.4) is 0 Å². The van der Waals surface area contributed by atoms with Crippen molar-refractivity contribution < 1.29 is 4.79 Å². The molecule has 1 N–H and O–H groups in total. The first-order valence-electron chi connectivity index (χ1n) is 10.3. The summed E-state index contributed by atoms with van der Waals surface area (Å²) in [4.78, 5) is 23.3. The van der Waals surface area contributed by atoms with E-state index in [0.29, 0.717) is 28.4 Å². The highest BCUT2D eigenvalue weighted by molar-refractivity contribution is 6.42.